The first-order valence-corrected chi connectivity index (χ1v) is 7.39. The lowest BCUT2D eigenvalue weighted by atomic mass is 10.2. The number of hydrogen-bond acceptors (Lipinski definition) is 3. The molecular weight excluding hydrogens is 283 g/mol. The van der Waals surface area contributed by atoms with Crippen LogP contribution in [0.4, 0.5) is 14.9 Å². The van der Waals surface area contributed by atoms with Crippen LogP contribution in [0.25, 0.3) is 0 Å². The Morgan fingerprint density at radius 3 is 2.75 bits per heavy atom. The number of carbonyl (C=O) groups excluding carboxylic acids is 1. The quantitative estimate of drug-likeness (QED) is 0.754. The lowest BCUT2D eigenvalue weighted by Crippen LogP contribution is -2.43. The van der Waals surface area contributed by atoms with E-state index in [-0.39, 0.29) is 0 Å². The number of thioether (sulfide) groups is 1. The van der Waals surface area contributed by atoms with Gasteiger partial charge in [0.05, 0.1) is 0 Å². The first kappa shape index (κ1) is 16.3. The van der Waals surface area contributed by atoms with Gasteiger partial charge in [-0.3, -0.25) is 0 Å². The molecule has 0 aliphatic carbocycles. The third-order valence-electron chi connectivity index (χ3n) is 2.66. The van der Waals surface area contributed by atoms with Gasteiger partial charge in [-0.1, -0.05) is 6.07 Å². The van der Waals surface area contributed by atoms with Crippen LogP contribution in [0.2, 0.25) is 0 Å². The van der Waals surface area contributed by atoms with Gasteiger partial charge in [0.2, 0.25) is 0 Å². The number of carboxylic acids is 1. The second kappa shape index (κ2) is 7.74. The van der Waals surface area contributed by atoms with Crippen molar-refractivity contribution in [2.45, 2.75) is 19.4 Å². The summed E-state index contributed by atoms with van der Waals surface area (Å²) in [4.78, 5) is 22.7. The summed E-state index contributed by atoms with van der Waals surface area (Å²) in [6.45, 7) is 1.72. The fourth-order valence-corrected chi connectivity index (χ4v) is 2.01. The van der Waals surface area contributed by atoms with Crippen molar-refractivity contribution in [3.63, 3.8) is 0 Å². The normalized spacial score (nSPS) is 11.8. The zero-order valence-electron chi connectivity index (χ0n) is 11.3. The smallest absolute Gasteiger partial charge is 0.326 e. The van der Waals surface area contributed by atoms with Crippen LogP contribution < -0.4 is 10.6 Å². The van der Waals surface area contributed by atoms with Crippen LogP contribution in [0.15, 0.2) is 18.2 Å². The van der Waals surface area contributed by atoms with Gasteiger partial charge < -0.3 is 15.7 Å². The third kappa shape index (κ3) is 5.08. The Labute approximate surface area is 120 Å². The predicted molar refractivity (Wildman–Crippen MR) is 77.7 cm³/mol. The van der Waals surface area contributed by atoms with Crippen LogP contribution in [0.1, 0.15) is 12.0 Å². The molecule has 0 saturated heterocycles. The van der Waals surface area contributed by atoms with E-state index in [9.17, 15) is 14.0 Å². The van der Waals surface area contributed by atoms with Crippen molar-refractivity contribution in [1.29, 1.82) is 0 Å². The Hall–Kier alpha value is -1.76. The first-order valence-electron chi connectivity index (χ1n) is 5.99. The van der Waals surface area contributed by atoms with Crippen LogP contribution in [0.3, 0.4) is 0 Å². The standard InChI is InChI=1S/C13H17FN2O3S/c1-8-3-4-9(14)7-11(8)16-13(19)15-10(12(17)18)5-6-20-2/h3-4,7,10H,5-6H2,1-2H3,(H,17,18)(H2,15,16,19). The summed E-state index contributed by atoms with van der Waals surface area (Å²) >= 11 is 1.50. The van der Waals surface area contributed by atoms with Gasteiger partial charge in [-0.15, -0.1) is 0 Å². The summed E-state index contributed by atoms with van der Waals surface area (Å²) in [6.07, 6.45) is 2.18. The van der Waals surface area contributed by atoms with Crippen LogP contribution in [-0.4, -0.2) is 35.2 Å². The number of hydrogen-bond donors (Lipinski definition) is 3. The number of aryl methyl sites for hydroxylation is 1. The fraction of sp³-hybridized carbons (Fsp3) is 0.385. The monoisotopic (exact) mass is 300 g/mol. The number of anilines is 1. The van der Waals surface area contributed by atoms with Crippen LogP contribution in [0.5, 0.6) is 0 Å². The third-order valence-corrected chi connectivity index (χ3v) is 3.31. The summed E-state index contributed by atoms with van der Waals surface area (Å²) in [5.74, 6) is -0.941. The molecule has 1 rings (SSSR count). The van der Waals surface area contributed by atoms with Gasteiger partial charge in [0.25, 0.3) is 0 Å². The van der Waals surface area contributed by atoms with E-state index in [0.717, 1.165) is 0 Å². The number of urea groups is 1. The number of carboxylic acid groups (broad SMARTS) is 1. The van der Waals surface area contributed by atoms with Gasteiger partial charge in [-0.25, -0.2) is 14.0 Å². The average Bonchev–Trinajstić information content (AvgIpc) is 2.38. The molecule has 0 aromatic heterocycles. The number of rotatable bonds is 6. The summed E-state index contributed by atoms with van der Waals surface area (Å²) in [6, 6.07) is 2.39. The van der Waals surface area contributed by atoms with Gasteiger partial charge >= 0.3 is 12.0 Å². The molecule has 0 fully saturated rings. The van der Waals surface area contributed by atoms with Gasteiger partial charge in [0, 0.05) is 5.69 Å². The molecule has 0 aliphatic heterocycles. The summed E-state index contributed by atoms with van der Waals surface area (Å²) < 4.78 is 13.1. The van der Waals surface area contributed by atoms with E-state index in [4.69, 9.17) is 5.11 Å². The lowest BCUT2D eigenvalue weighted by molar-refractivity contribution is -0.139. The van der Waals surface area contributed by atoms with E-state index in [1.807, 2.05) is 6.26 Å². The largest absolute Gasteiger partial charge is 0.480 e. The van der Waals surface area contributed by atoms with Gasteiger partial charge in [0.1, 0.15) is 11.9 Å². The lowest BCUT2D eigenvalue weighted by Gasteiger charge is -2.15. The van der Waals surface area contributed by atoms with Gasteiger partial charge in [-0.05, 0) is 43.0 Å². The molecule has 1 aromatic rings. The van der Waals surface area contributed by atoms with Crippen molar-refractivity contribution in [2.24, 2.45) is 0 Å². The summed E-state index contributed by atoms with van der Waals surface area (Å²) in [5, 5.41) is 13.8. The molecule has 0 bridgehead atoms. The molecule has 0 heterocycles. The van der Waals surface area contributed by atoms with E-state index in [1.54, 1.807) is 6.92 Å². The molecule has 3 N–H and O–H groups in total. The van der Waals surface area contributed by atoms with Crippen molar-refractivity contribution in [3.8, 4) is 0 Å². The highest BCUT2D eigenvalue weighted by Gasteiger charge is 2.19. The second-order valence-electron chi connectivity index (χ2n) is 4.23. The van der Waals surface area contributed by atoms with Crippen LogP contribution in [0, 0.1) is 12.7 Å². The molecule has 5 nitrogen and oxygen atoms in total. The predicted octanol–water partition coefficient (Wildman–Crippen LogP) is 2.46. The fourth-order valence-electron chi connectivity index (χ4n) is 1.54. The Morgan fingerprint density at radius 1 is 1.45 bits per heavy atom. The van der Waals surface area contributed by atoms with E-state index in [0.29, 0.717) is 23.4 Å². The molecule has 0 saturated carbocycles. The summed E-state index contributed by atoms with van der Waals surface area (Å²) in [7, 11) is 0. The van der Waals surface area contributed by atoms with Gasteiger partial charge in [0.15, 0.2) is 0 Å². The number of nitrogens with one attached hydrogen (secondary N) is 2. The first-order chi connectivity index (χ1) is 9.43. The van der Waals surface area contributed by atoms with Crippen molar-refractivity contribution >= 4 is 29.4 Å². The highest BCUT2D eigenvalue weighted by Crippen LogP contribution is 2.15. The molecule has 20 heavy (non-hydrogen) atoms. The Morgan fingerprint density at radius 2 is 2.15 bits per heavy atom. The molecule has 1 unspecified atom stereocenters. The topological polar surface area (TPSA) is 78.4 Å². The maximum Gasteiger partial charge on any atom is 0.326 e. The van der Waals surface area contributed by atoms with E-state index >= 15 is 0 Å². The van der Waals surface area contributed by atoms with Crippen LogP contribution >= 0.6 is 11.8 Å². The zero-order chi connectivity index (χ0) is 15.1. The number of amides is 2. The molecular formula is C13H17FN2O3S. The van der Waals surface area contributed by atoms with Crippen molar-refractivity contribution in [1.82, 2.24) is 5.32 Å². The number of halogens is 1. The average molecular weight is 300 g/mol. The minimum absolute atomic E-state index is 0.316. The second-order valence-corrected chi connectivity index (χ2v) is 5.22. The molecule has 0 spiro atoms. The Kier molecular flexibility index (Phi) is 6.30. The molecule has 1 aromatic carbocycles. The molecule has 0 aliphatic rings. The van der Waals surface area contributed by atoms with Crippen LogP contribution in [-0.2, 0) is 4.79 Å². The minimum atomic E-state index is -1.09. The van der Waals surface area contributed by atoms with E-state index in [1.165, 1.54) is 30.0 Å². The molecule has 110 valence electrons. The minimum Gasteiger partial charge on any atom is -0.480 e. The summed E-state index contributed by atoms with van der Waals surface area (Å²) in [5.41, 5.74) is 1.01. The van der Waals surface area contributed by atoms with Gasteiger partial charge in [-0.2, -0.15) is 11.8 Å². The maximum atomic E-state index is 13.1. The number of aliphatic carboxylic acids is 1. The maximum absolute atomic E-state index is 13.1. The van der Waals surface area contributed by atoms with E-state index in [2.05, 4.69) is 10.6 Å². The molecule has 0 radical (unpaired) electrons. The van der Waals surface area contributed by atoms with Crippen molar-refractivity contribution < 1.29 is 19.1 Å². The molecule has 2 amide bonds. The SMILES string of the molecule is CSCCC(NC(=O)Nc1cc(F)ccc1C)C(=O)O. The highest BCUT2D eigenvalue weighted by atomic mass is 32.2. The molecule has 7 heteroatoms. The molecule has 1 atom stereocenters. The van der Waals surface area contributed by atoms with Crippen molar-refractivity contribution in [3.05, 3.63) is 29.6 Å². The Balaban J connectivity index is 2.65. The zero-order valence-corrected chi connectivity index (χ0v) is 12.1. The number of benzene rings is 1. The Bertz CT molecular complexity index is 497. The van der Waals surface area contributed by atoms with Crippen molar-refractivity contribution in [2.75, 3.05) is 17.3 Å². The highest BCUT2D eigenvalue weighted by molar-refractivity contribution is 7.98. The van der Waals surface area contributed by atoms with E-state index < -0.39 is 23.9 Å². The number of carbonyl (C=O) groups is 2.